The summed E-state index contributed by atoms with van der Waals surface area (Å²) in [6.07, 6.45) is 2.32. The highest BCUT2D eigenvalue weighted by Crippen LogP contribution is 2.36. The lowest BCUT2D eigenvalue weighted by molar-refractivity contribution is 0.351. The van der Waals surface area contributed by atoms with E-state index in [1.807, 2.05) is 0 Å². The van der Waals surface area contributed by atoms with Crippen molar-refractivity contribution in [2.24, 2.45) is 5.73 Å². The van der Waals surface area contributed by atoms with E-state index in [0.29, 0.717) is 12.0 Å². The van der Waals surface area contributed by atoms with Crippen LogP contribution < -0.4 is 16.0 Å². The van der Waals surface area contributed by atoms with Gasteiger partial charge in [0.15, 0.2) is 0 Å². The van der Waals surface area contributed by atoms with Gasteiger partial charge in [-0.05, 0) is 36.5 Å². The molecule has 0 amide bonds. The van der Waals surface area contributed by atoms with E-state index in [1.54, 1.807) is 0 Å². The van der Waals surface area contributed by atoms with Gasteiger partial charge in [0.1, 0.15) is 0 Å². The summed E-state index contributed by atoms with van der Waals surface area (Å²) in [5.41, 5.74) is 8.66. The van der Waals surface area contributed by atoms with E-state index in [1.165, 1.54) is 11.3 Å². The van der Waals surface area contributed by atoms with Crippen LogP contribution in [0.3, 0.4) is 0 Å². The summed E-state index contributed by atoms with van der Waals surface area (Å²) in [5.74, 6) is 0.710. The zero-order valence-corrected chi connectivity index (χ0v) is 10.2. The molecule has 3 nitrogen and oxygen atoms in total. The molecule has 0 radical (unpaired) electrons. The second kappa shape index (κ2) is 4.67. The lowest BCUT2D eigenvalue weighted by Gasteiger charge is -2.33. The summed E-state index contributed by atoms with van der Waals surface area (Å²) in [6, 6.07) is 9.55. The number of nitrogens with one attached hydrogen (secondary N) is 1. The van der Waals surface area contributed by atoms with Gasteiger partial charge < -0.3 is 16.0 Å². The third-order valence-corrected chi connectivity index (χ3v) is 4.02. The van der Waals surface area contributed by atoms with E-state index in [2.05, 4.69) is 34.5 Å². The number of nitrogens with zero attached hydrogens (tertiary/aromatic N) is 1. The average Bonchev–Trinajstić information content (AvgIpc) is 2.36. The van der Waals surface area contributed by atoms with Crippen molar-refractivity contribution in [2.75, 3.05) is 31.1 Å². The first-order valence-corrected chi connectivity index (χ1v) is 6.64. The van der Waals surface area contributed by atoms with Crippen molar-refractivity contribution in [1.29, 1.82) is 0 Å². The van der Waals surface area contributed by atoms with Gasteiger partial charge in [0.25, 0.3) is 0 Å². The Labute approximate surface area is 103 Å². The van der Waals surface area contributed by atoms with E-state index < -0.39 is 0 Å². The summed E-state index contributed by atoms with van der Waals surface area (Å²) < 4.78 is 0. The van der Waals surface area contributed by atoms with Gasteiger partial charge in [0.05, 0.1) is 0 Å². The highest BCUT2D eigenvalue weighted by molar-refractivity contribution is 5.48. The summed E-state index contributed by atoms with van der Waals surface area (Å²) in [4.78, 5) is 2.45. The van der Waals surface area contributed by atoms with Crippen LogP contribution in [0, 0.1) is 0 Å². The minimum atomic E-state index is 0.438. The average molecular weight is 231 g/mol. The Kier molecular flexibility index (Phi) is 3.04. The zero-order chi connectivity index (χ0) is 11.7. The first-order valence-electron chi connectivity index (χ1n) is 6.64. The highest BCUT2D eigenvalue weighted by Gasteiger charge is 2.27. The van der Waals surface area contributed by atoms with Gasteiger partial charge in [-0.3, -0.25) is 0 Å². The van der Waals surface area contributed by atoms with Crippen LogP contribution in [0.25, 0.3) is 0 Å². The molecule has 1 aliphatic heterocycles. The van der Waals surface area contributed by atoms with E-state index in [4.69, 9.17) is 5.73 Å². The van der Waals surface area contributed by atoms with Gasteiger partial charge in [-0.15, -0.1) is 0 Å². The second-order valence-electron chi connectivity index (χ2n) is 5.26. The second-order valence-corrected chi connectivity index (χ2v) is 5.26. The maximum absolute atomic E-state index is 5.84. The van der Waals surface area contributed by atoms with Crippen LogP contribution in [0.2, 0.25) is 0 Å². The topological polar surface area (TPSA) is 41.3 Å². The van der Waals surface area contributed by atoms with Crippen LogP contribution in [-0.2, 0) is 0 Å². The molecule has 92 valence electrons. The van der Waals surface area contributed by atoms with Crippen molar-refractivity contribution in [1.82, 2.24) is 5.32 Å². The summed E-state index contributed by atoms with van der Waals surface area (Å²) in [7, 11) is 0. The fourth-order valence-corrected chi connectivity index (χ4v) is 2.81. The molecule has 1 saturated carbocycles. The fourth-order valence-electron chi connectivity index (χ4n) is 2.81. The molecule has 1 heterocycles. The molecule has 0 atom stereocenters. The van der Waals surface area contributed by atoms with Gasteiger partial charge >= 0.3 is 0 Å². The van der Waals surface area contributed by atoms with Gasteiger partial charge in [-0.2, -0.15) is 0 Å². The Hall–Kier alpha value is -1.06. The van der Waals surface area contributed by atoms with E-state index in [-0.39, 0.29) is 0 Å². The predicted octanol–water partition coefficient (Wildman–Crippen LogP) is 1.30. The summed E-state index contributed by atoms with van der Waals surface area (Å²) in [6.45, 7) is 4.43. The van der Waals surface area contributed by atoms with Crippen molar-refractivity contribution in [2.45, 2.75) is 24.8 Å². The smallest absolute Gasteiger partial charge is 0.0367 e. The van der Waals surface area contributed by atoms with Crippen molar-refractivity contribution in [3.8, 4) is 0 Å². The normalized spacial score (nSPS) is 28.9. The van der Waals surface area contributed by atoms with Gasteiger partial charge in [-0.1, -0.05) is 12.1 Å². The quantitative estimate of drug-likeness (QED) is 0.806. The van der Waals surface area contributed by atoms with Crippen LogP contribution in [0.5, 0.6) is 0 Å². The molecule has 1 aliphatic carbocycles. The molecule has 1 aromatic carbocycles. The summed E-state index contributed by atoms with van der Waals surface area (Å²) >= 11 is 0. The number of rotatable bonds is 2. The third-order valence-electron chi connectivity index (χ3n) is 4.02. The number of piperazine rings is 1. The SMILES string of the molecule is NC1CC(c2ccc(N3CCNCC3)cc2)C1. The summed E-state index contributed by atoms with van der Waals surface area (Å²) in [5, 5.41) is 3.38. The molecule has 0 unspecified atom stereocenters. The Morgan fingerprint density at radius 1 is 1.06 bits per heavy atom. The molecule has 1 aromatic rings. The van der Waals surface area contributed by atoms with Gasteiger partial charge in [0.2, 0.25) is 0 Å². The maximum atomic E-state index is 5.84. The van der Waals surface area contributed by atoms with E-state index in [0.717, 1.165) is 39.0 Å². The van der Waals surface area contributed by atoms with Crippen molar-refractivity contribution in [3.63, 3.8) is 0 Å². The highest BCUT2D eigenvalue weighted by atomic mass is 15.2. The van der Waals surface area contributed by atoms with Crippen LogP contribution in [-0.4, -0.2) is 32.2 Å². The van der Waals surface area contributed by atoms with Crippen molar-refractivity contribution >= 4 is 5.69 Å². The van der Waals surface area contributed by atoms with Crippen LogP contribution in [0.1, 0.15) is 24.3 Å². The molecule has 1 saturated heterocycles. The molecular weight excluding hydrogens is 210 g/mol. The minimum absolute atomic E-state index is 0.438. The Morgan fingerprint density at radius 2 is 1.71 bits per heavy atom. The van der Waals surface area contributed by atoms with Gasteiger partial charge in [0, 0.05) is 37.9 Å². The number of anilines is 1. The lowest BCUT2D eigenvalue weighted by atomic mass is 9.76. The van der Waals surface area contributed by atoms with Crippen LogP contribution in [0.15, 0.2) is 24.3 Å². The third kappa shape index (κ3) is 2.31. The minimum Gasteiger partial charge on any atom is -0.369 e. The molecule has 0 aromatic heterocycles. The van der Waals surface area contributed by atoms with E-state index in [9.17, 15) is 0 Å². The first kappa shape index (κ1) is 11.1. The maximum Gasteiger partial charge on any atom is 0.0367 e. The Balaban J connectivity index is 1.67. The number of benzene rings is 1. The first-order chi connectivity index (χ1) is 8.33. The largest absolute Gasteiger partial charge is 0.369 e. The molecular formula is C14H21N3. The fraction of sp³-hybridized carbons (Fsp3) is 0.571. The molecule has 3 rings (SSSR count). The Morgan fingerprint density at radius 3 is 2.29 bits per heavy atom. The predicted molar refractivity (Wildman–Crippen MR) is 71.5 cm³/mol. The zero-order valence-electron chi connectivity index (χ0n) is 10.2. The van der Waals surface area contributed by atoms with Crippen molar-refractivity contribution < 1.29 is 0 Å². The molecule has 17 heavy (non-hydrogen) atoms. The Bertz CT molecular complexity index is 362. The van der Waals surface area contributed by atoms with Crippen molar-refractivity contribution in [3.05, 3.63) is 29.8 Å². The lowest BCUT2D eigenvalue weighted by Crippen LogP contribution is -2.43. The monoisotopic (exact) mass is 231 g/mol. The molecule has 2 fully saturated rings. The molecule has 3 N–H and O–H groups in total. The van der Waals surface area contributed by atoms with Crippen LogP contribution in [0.4, 0.5) is 5.69 Å². The molecule has 0 bridgehead atoms. The van der Waals surface area contributed by atoms with E-state index >= 15 is 0 Å². The molecule has 3 heteroatoms. The molecule has 2 aliphatic rings. The number of nitrogens with two attached hydrogens (primary N) is 1. The molecule has 0 spiro atoms. The standard InChI is InChI=1S/C14H21N3/c15-13-9-12(10-13)11-1-3-14(4-2-11)17-7-5-16-6-8-17/h1-4,12-13,16H,5-10,15H2. The van der Waals surface area contributed by atoms with Crippen LogP contribution >= 0.6 is 0 Å². The van der Waals surface area contributed by atoms with Gasteiger partial charge in [-0.25, -0.2) is 0 Å². The number of hydrogen-bond acceptors (Lipinski definition) is 3. The number of hydrogen-bond donors (Lipinski definition) is 2.